The molecular formula is C19H22N6O2. The Bertz CT molecular complexity index is 983. The number of anilines is 1. The summed E-state index contributed by atoms with van der Waals surface area (Å²) < 4.78 is 3.34. The number of nitrogens with one attached hydrogen (secondary N) is 2. The molecule has 1 aliphatic rings. The lowest BCUT2D eigenvalue weighted by atomic mass is 10.2. The minimum atomic E-state index is -0.312. The minimum Gasteiger partial charge on any atom is -0.352 e. The number of carbonyl (C=O) groups excluding carboxylic acids is 2. The fraction of sp³-hybridized carbons (Fsp3) is 0.368. The van der Waals surface area contributed by atoms with Gasteiger partial charge in [0.05, 0.1) is 11.9 Å². The van der Waals surface area contributed by atoms with Crippen LogP contribution in [0.4, 0.5) is 5.69 Å². The number of nitrogens with zero attached hydrogens (tertiary/aromatic N) is 4. The van der Waals surface area contributed by atoms with Crippen LogP contribution in [0.15, 0.2) is 36.9 Å². The maximum absolute atomic E-state index is 12.5. The Morgan fingerprint density at radius 3 is 2.85 bits per heavy atom. The Hall–Kier alpha value is -3.16. The van der Waals surface area contributed by atoms with Gasteiger partial charge in [0.1, 0.15) is 17.9 Å². The summed E-state index contributed by atoms with van der Waals surface area (Å²) in [5, 5.41) is 9.95. The molecule has 3 aromatic rings. The van der Waals surface area contributed by atoms with Gasteiger partial charge in [0.2, 0.25) is 5.91 Å². The predicted molar refractivity (Wildman–Crippen MR) is 101 cm³/mol. The van der Waals surface area contributed by atoms with E-state index in [1.165, 1.54) is 23.7 Å². The second kappa shape index (κ2) is 7.22. The standard InChI is InChI=1S/C19H22N6O2/c1-13-5-4-8-24-11-16(23-18(13)24)19(27)22-15-9-20-25(10-15)12-17(26)21-14-6-2-3-7-14/h4-5,8-11,14H,2-3,6-7,12H2,1H3,(H,21,26)(H,22,27). The van der Waals surface area contributed by atoms with Crippen LogP contribution in [-0.4, -0.2) is 37.0 Å². The Kier molecular flexibility index (Phi) is 4.62. The Balaban J connectivity index is 1.38. The SMILES string of the molecule is Cc1cccn2cc(C(=O)Nc3cnn(CC(=O)NC4CCCC4)c3)nc12. The third kappa shape index (κ3) is 3.84. The molecule has 0 spiro atoms. The van der Waals surface area contributed by atoms with E-state index in [4.69, 9.17) is 0 Å². The molecule has 27 heavy (non-hydrogen) atoms. The number of aromatic nitrogens is 4. The van der Waals surface area contributed by atoms with Gasteiger partial charge >= 0.3 is 0 Å². The van der Waals surface area contributed by atoms with Gasteiger partial charge in [-0.05, 0) is 31.4 Å². The van der Waals surface area contributed by atoms with Crippen LogP contribution in [-0.2, 0) is 11.3 Å². The summed E-state index contributed by atoms with van der Waals surface area (Å²) in [5.74, 6) is -0.369. The topological polar surface area (TPSA) is 93.3 Å². The zero-order chi connectivity index (χ0) is 18.8. The molecule has 0 bridgehead atoms. The normalized spacial score (nSPS) is 14.6. The number of fused-ring (bicyclic) bond motifs is 1. The van der Waals surface area contributed by atoms with E-state index in [2.05, 4.69) is 20.7 Å². The summed E-state index contributed by atoms with van der Waals surface area (Å²) in [6.45, 7) is 2.09. The summed E-state index contributed by atoms with van der Waals surface area (Å²) in [7, 11) is 0. The first-order valence-electron chi connectivity index (χ1n) is 9.16. The average molecular weight is 366 g/mol. The molecule has 3 heterocycles. The van der Waals surface area contributed by atoms with Crippen LogP contribution >= 0.6 is 0 Å². The van der Waals surface area contributed by atoms with Gasteiger partial charge in [-0.3, -0.25) is 14.3 Å². The van der Waals surface area contributed by atoms with Crippen molar-refractivity contribution in [2.24, 2.45) is 0 Å². The molecule has 4 rings (SSSR count). The molecular weight excluding hydrogens is 344 g/mol. The number of rotatable bonds is 5. The van der Waals surface area contributed by atoms with Gasteiger partial charge in [-0.15, -0.1) is 0 Å². The predicted octanol–water partition coefficient (Wildman–Crippen LogP) is 2.15. The van der Waals surface area contributed by atoms with Crippen molar-refractivity contribution in [3.05, 3.63) is 48.2 Å². The third-order valence-corrected chi connectivity index (χ3v) is 4.83. The molecule has 2 N–H and O–H groups in total. The highest BCUT2D eigenvalue weighted by molar-refractivity contribution is 6.03. The van der Waals surface area contributed by atoms with Gasteiger partial charge in [-0.2, -0.15) is 5.10 Å². The fourth-order valence-electron chi connectivity index (χ4n) is 3.46. The monoisotopic (exact) mass is 366 g/mol. The number of hydrogen-bond donors (Lipinski definition) is 2. The largest absolute Gasteiger partial charge is 0.352 e. The first kappa shape index (κ1) is 17.3. The van der Waals surface area contributed by atoms with Gasteiger partial charge in [0.25, 0.3) is 5.91 Å². The number of hydrogen-bond acceptors (Lipinski definition) is 4. The van der Waals surface area contributed by atoms with Crippen molar-refractivity contribution in [1.29, 1.82) is 0 Å². The van der Waals surface area contributed by atoms with Crippen molar-refractivity contribution in [1.82, 2.24) is 24.5 Å². The summed E-state index contributed by atoms with van der Waals surface area (Å²) in [4.78, 5) is 28.9. The quantitative estimate of drug-likeness (QED) is 0.723. The molecule has 0 saturated heterocycles. The fourth-order valence-corrected chi connectivity index (χ4v) is 3.46. The number of amides is 2. The van der Waals surface area contributed by atoms with E-state index >= 15 is 0 Å². The zero-order valence-electron chi connectivity index (χ0n) is 15.2. The van der Waals surface area contributed by atoms with E-state index in [-0.39, 0.29) is 24.4 Å². The molecule has 0 unspecified atom stereocenters. The average Bonchev–Trinajstić information content (AvgIpc) is 3.36. The maximum Gasteiger partial charge on any atom is 0.275 e. The molecule has 1 fully saturated rings. The molecule has 140 valence electrons. The highest BCUT2D eigenvalue weighted by Crippen LogP contribution is 2.17. The zero-order valence-corrected chi connectivity index (χ0v) is 15.2. The van der Waals surface area contributed by atoms with E-state index in [0.29, 0.717) is 11.4 Å². The summed E-state index contributed by atoms with van der Waals surface area (Å²) in [5.41, 5.74) is 2.61. The lowest BCUT2D eigenvalue weighted by Crippen LogP contribution is -2.35. The van der Waals surface area contributed by atoms with Gasteiger partial charge in [-0.25, -0.2) is 4.98 Å². The molecule has 0 radical (unpaired) electrons. The van der Waals surface area contributed by atoms with Crippen LogP contribution < -0.4 is 10.6 Å². The van der Waals surface area contributed by atoms with Crippen LogP contribution in [0.5, 0.6) is 0 Å². The van der Waals surface area contributed by atoms with Crippen LogP contribution in [0.25, 0.3) is 5.65 Å². The number of carbonyl (C=O) groups is 2. The molecule has 0 aliphatic heterocycles. The van der Waals surface area contributed by atoms with E-state index in [0.717, 1.165) is 24.1 Å². The Morgan fingerprint density at radius 1 is 1.26 bits per heavy atom. The molecule has 3 aromatic heterocycles. The highest BCUT2D eigenvalue weighted by Gasteiger charge is 2.18. The lowest BCUT2D eigenvalue weighted by Gasteiger charge is -2.11. The summed E-state index contributed by atoms with van der Waals surface area (Å²) in [6.07, 6.45) is 11.2. The first-order valence-corrected chi connectivity index (χ1v) is 9.16. The van der Waals surface area contributed by atoms with E-state index in [1.54, 1.807) is 12.4 Å². The van der Waals surface area contributed by atoms with Gasteiger partial charge in [-0.1, -0.05) is 18.9 Å². The molecule has 8 heteroatoms. The minimum absolute atomic E-state index is 0.0568. The van der Waals surface area contributed by atoms with Crippen molar-refractivity contribution >= 4 is 23.1 Å². The highest BCUT2D eigenvalue weighted by atomic mass is 16.2. The Labute approximate surface area is 156 Å². The molecule has 2 amide bonds. The van der Waals surface area contributed by atoms with Crippen LogP contribution in [0.1, 0.15) is 41.7 Å². The van der Waals surface area contributed by atoms with Gasteiger partial charge in [0.15, 0.2) is 0 Å². The van der Waals surface area contributed by atoms with Gasteiger partial charge in [0, 0.05) is 24.6 Å². The van der Waals surface area contributed by atoms with Crippen molar-refractivity contribution in [2.45, 2.75) is 45.2 Å². The second-order valence-electron chi connectivity index (χ2n) is 6.98. The first-order chi connectivity index (χ1) is 13.1. The lowest BCUT2D eigenvalue weighted by molar-refractivity contribution is -0.122. The van der Waals surface area contributed by atoms with E-state index < -0.39 is 0 Å². The number of aryl methyl sites for hydroxylation is 1. The van der Waals surface area contributed by atoms with Crippen molar-refractivity contribution in [3.8, 4) is 0 Å². The second-order valence-corrected chi connectivity index (χ2v) is 6.98. The molecule has 0 atom stereocenters. The smallest absolute Gasteiger partial charge is 0.275 e. The van der Waals surface area contributed by atoms with Crippen molar-refractivity contribution < 1.29 is 9.59 Å². The molecule has 1 aliphatic carbocycles. The molecule has 0 aromatic carbocycles. The number of imidazole rings is 1. The summed E-state index contributed by atoms with van der Waals surface area (Å²) >= 11 is 0. The summed E-state index contributed by atoms with van der Waals surface area (Å²) in [6, 6.07) is 4.14. The van der Waals surface area contributed by atoms with E-state index in [9.17, 15) is 9.59 Å². The van der Waals surface area contributed by atoms with Crippen LogP contribution in [0.2, 0.25) is 0 Å². The van der Waals surface area contributed by atoms with E-state index in [1.807, 2.05) is 29.7 Å². The van der Waals surface area contributed by atoms with Gasteiger partial charge < -0.3 is 15.0 Å². The van der Waals surface area contributed by atoms with Crippen LogP contribution in [0.3, 0.4) is 0 Å². The molecule has 8 nitrogen and oxygen atoms in total. The molecule has 1 saturated carbocycles. The van der Waals surface area contributed by atoms with Crippen molar-refractivity contribution in [3.63, 3.8) is 0 Å². The van der Waals surface area contributed by atoms with Crippen LogP contribution in [0, 0.1) is 6.92 Å². The third-order valence-electron chi connectivity index (χ3n) is 4.83. The maximum atomic E-state index is 12.5. The number of pyridine rings is 1. The van der Waals surface area contributed by atoms with Crippen molar-refractivity contribution in [2.75, 3.05) is 5.32 Å². The Morgan fingerprint density at radius 2 is 2.07 bits per heavy atom.